The molecule has 0 radical (unpaired) electrons. The standard InChI is InChI=1S/C34H51N7O5.C7H8O3S/c1-21-15-26(42)16-22(2)27(21)18-25(20-30(43)28(36)11-8-14-40-34(38)39)33(46)41-29(12-6-7-13-35)31(44)19-24(32(37)45)17-23-9-4-3-5-10-23;1-6-2-4-7(5-3-6)11(8,9)10/h3-5,9-10,15-16,24-25,28-29,42H,6-8,11-14,17-20,35-36H2,1-2H3,(H2,37,45)(H,41,46)(H4,38,39,40);2-5H,1H3,(H,8,9,10)/p+1/t24-,25-,28-,29+;/m1./s1. The molecule has 16 heteroatoms. The van der Waals surface area contributed by atoms with Crippen molar-refractivity contribution in [2.75, 3.05) is 13.1 Å². The Morgan fingerprint density at radius 2 is 1.42 bits per heavy atom. The normalized spacial score (nSPS) is 13.2. The topological polar surface area (TPSA) is 303 Å². The van der Waals surface area contributed by atoms with Crippen LogP contribution in [-0.2, 0) is 42.1 Å². The van der Waals surface area contributed by atoms with E-state index in [4.69, 9.17) is 22.9 Å². The maximum Gasteiger partial charge on any atom is 0.338 e. The van der Waals surface area contributed by atoms with E-state index in [1.54, 1.807) is 24.3 Å². The van der Waals surface area contributed by atoms with E-state index < -0.39 is 45.9 Å². The lowest BCUT2D eigenvalue weighted by Crippen LogP contribution is -2.78. The zero-order valence-corrected chi connectivity index (χ0v) is 34.0. The molecule has 14 N–H and O–H groups in total. The van der Waals surface area contributed by atoms with Crippen molar-refractivity contribution in [1.29, 1.82) is 0 Å². The summed E-state index contributed by atoms with van der Waals surface area (Å²) >= 11 is 0. The lowest BCUT2D eigenvalue weighted by Gasteiger charge is -2.25. The molecule has 3 aromatic carbocycles. The molecule has 0 heterocycles. The Balaban J connectivity index is 0.000000872. The zero-order chi connectivity index (χ0) is 42.7. The number of amides is 2. The molecule has 0 bridgehead atoms. The van der Waals surface area contributed by atoms with Gasteiger partial charge in [0.05, 0.1) is 30.1 Å². The van der Waals surface area contributed by atoms with Crippen LogP contribution in [0.3, 0.4) is 0 Å². The van der Waals surface area contributed by atoms with Crippen LogP contribution in [-0.4, -0.2) is 72.6 Å². The molecule has 0 aliphatic heterocycles. The summed E-state index contributed by atoms with van der Waals surface area (Å²) in [6.45, 7) is 6.61. The number of ketones is 2. The van der Waals surface area contributed by atoms with Crippen LogP contribution in [0, 0.1) is 32.6 Å². The van der Waals surface area contributed by atoms with Gasteiger partial charge < -0.3 is 32.2 Å². The molecule has 57 heavy (non-hydrogen) atoms. The molecule has 312 valence electrons. The first-order chi connectivity index (χ1) is 26.8. The van der Waals surface area contributed by atoms with Gasteiger partial charge in [-0.1, -0.05) is 48.0 Å². The molecule has 3 rings (SSSR count). The van der Waals surface area contributed by atoms with Crippen LogP contribution >= 0.6 is 0 Å². The summed E-state index contributed by atoms with van der Waals surface area (Å²) < 4.78 is 31.2. The third-order valence-corrected chi connectivity index (χ3v) is 10.4. The molecular formula is C41H60N7O8S+. The summed E-state index contributed by atoms with van der Waals surface area (Å²) in [6, 6.07) is 16.7. The fourth-order valence-electron chi connectivity index (χ4n) is 6.30. The van der Waals surface area contributed by atoms with Crippen LogP contribution in [0.5, 0.6) is 5.75 Å². The van der Waals surface area contributed by atoms with E-state index in [0.717, 1.165) is 34.2 Å². The van der Waals surface area contributed by atoms with E-state index in [1.165, 1.54) is 12.1 Å². The lowest BCUT2D eigenvalue weighted by atomic mass is 9.86. The van der Waals surface area contributed by atoms with Gasteiger partial charge in [-0.05, 0) is 112 Å². The predicted octanol–water partition coefficient (Wildman–Crippen LogP) is -0.312. The number of nitrogens with two attached hydrogens (primary N) is 4. The second kappa shape index (κ2) is 23.8. The fraction of sp³-hybridized carbons (Fsp3) is 0.439. The highest BCUT2D eigenvalue weighted by molar-refractivity contribution is 7.85. The van der Waals surface area contributed by atoms with E-state index in [2.05, 4.69) is 16.0 Å². The van der Waals surface area contributed by atoms with Crippen molar-refractivity contribution in [3.63, 3.8) is 0 Å². The van der Waals surface area contributed by atoms with Crippen LogP contribution in [0.2, 0.25) is 0 Å². The number of guanidine groups is 1. The average Bonchev–Trinajstić information content (AvgIpc) is 3.13. The molecule has 0 spiro atoms. The number of benzene rings is 3. The Kier molecular flexibility index (Phi) is 20.0. The number of nitrogens with one attached hydrogen (secondary N) is 2. The minimum absolute atomic E-state index is 0.0813. The van der Waals surface area contributed by atoms with Crippen LogP contribution in [0.4, 0.5) is 0 Å². The minimum atomic E-state index is -4.27. The number of hydrogen-bond donors (Lipinski definition) is 8. The van der Waals surface area contributed by atoms with E-state index in [0.29, 0.717) is 45.2 Å². The van der Waals surface area contributed by atoms with Gasteiger partial charge in [0.1, 0.15) is 21.7 Å². The van der Waals surface area contributed by atoms with E-state index >= 15 is 0 Å². The number of hydrogen-bond acceptors (Lipinski definition) is 9. The smallest absolute Gasteiger partial charge is 0.338 e. The quantitative estimate of drug-likeness (QED) is 0.0282. The second-order valence-electron chi connectivity index (χ2n) is 14.4. The molecular weight excluding hydrogens is 751 g/mol. The molecule has 4 atom stereocenters. The van der Waals surface area contributed by atoms with Crippen molar-refractivity contribution in [2.24, 2.45) is 34.8 Å². The highest BCUT2D eigenvalue weighted by Gasteiger charge is 2.31. The lowest BCUT2D eigenvalue weighted by molar-refractivity contribution is -0.459. The van der Waals surface area contributed by atoms with Crippen LogP contribution in [0.1, 0.15) is 72.8 Å². The van der Waals surface area contributed by atoms with E-state index in [1.807, 2.05) is 51.1 Å². The van der Waals surface area contributed by atoms with Gasteiger partial charge in [-0.2, -0.15) is 0 Å². The largest absolute Gasteiger partial charge is 0.744 e. The molecule has 3 aromatic rings. The van der Waals surface area contributed by atoms with Crippen molar-refractivity contribution in [3.8, 4) is 5.75 Å². The summed E-state index contributed by atoms with van der Waals surface area (Å²) in [5.74, 6) is -2.98. The van der Waals surface area contributed by atoms with Crippen LogP contribution < -0.4 is 39.0 Å². The van der Waals surface area contributed by atoms with E-state index in [9.17, 15) is 37.3 Å². The highest BCUT2D eigenvalue weighted by atomic mass is 32.2. The number of quaternary nitrogens is 1. The molecule has 0 aliphatic rings. The first-order valence-electron chi connectivity index (χ1n) is 19.0. The van der Waals surface area contributed by atoms with Gasteiger partial charge in [-0.25, -0.2) is 8.42 Å². The number of phenols is 1. The molecule has 0 aromatic heterocycles. The number of unbranched alkanes of at least 4 members (excludes halogenated alkanes) is 1. The number of phenolic OH excluding ortho intramolecular Hbond substituents is 1. The van der Waals surface area contributed by atoms with Crippen LogP contribution in [0.15, 0.2) is 71.6 Å². The summed E-state index contributed by atoms with van der Waals surface area (Å²) in [7, 11) is -4.27. The number of carbonyl (C=O) groups excluding carboxylic acids is 4. The van der Waals surface area contributed by atoms with Gasteiger partial charge in [-0.3, -0.25) is 35.6 Å². The third kappa shape index (κ3) is 17.7. The van der Waals surface area contributed by atoms with Crippen molar-refractivity contribution in [2.45, 2.75) is 95.5 Å². The van der Waals surface area contributed by atoms with Gasteiger partial charge in [0, 0.05) is 24.7 Å². The Labute approximate surface area is 335 Å². The fourth-order valence-corrected chi connectivity index (χ4v) is 6.77. The molecule has 0 saturated carbocycles. The molecule has 2 amide bonds. The summed E-state index contributed by atoms with van der Waals surface area (Å²) in [4.78, 5) is 55.8. The van der Waals surface area contributed by atoms with Gasteiger partial charge in [0.2, 0.25) is 11.8 Å². The number of Topliss-reactive ketones (excluding diaryl/α,β-unsaturated/α-hetero) is 2. The Hall–Kier alpha value is -5.16. The first-order valence-corrected chi connectivity index (χ1v) is 20.4. The molecule has 0 aliphatic carbocycles. The molecule has 0 saturated heterocycles. The SMILES string of the molecule is Cc1cc(O)cc(C)c1C[C@H](CC(=O)[C@H](N)CCC[NH+]=C(N)N)C(=O)N[C@@H](CCCC[NH3+])C(=O)C[C@@H](Cc1ccccc1)C(N)=O.Cc1ccc(S(=O)(=O)[O-])cc1. The molecule has 0 unspecified atom stereocenters. The molecule has 15 nitrogen and oxygen atoms in total. The average molecular weight is 811 g/mol. The number of primary amides is 1. The maximum atomic E-state index is 13.9. The van der Waals surface area contributed by atoms with Gasteiger partial charge in [-0.15, -0.1) is 0 Å². The highest BCUT2D eigenvalue weighted by Crippen LogP contribution is 2.26. The van der Waals surface area contributed by atoms with E-state index in [-0.39, 0.29) is 47.4 Å². The van der Waals surface area contributed by atoms with Crippen molar-refractivity contribution < 1.29 is 48.0 Å². The Morgan fingerprint density at radius 1 is 0.825 bits per heavy atom. The zero-order valence-electron chi connectivity index (χ0n) is 33.2. The number of carbonyl (C=O) groups is 4. The number of aromatic hydroxyl groups is 1. The second-order valence-corrected chi connectivity index (χ2v) is 15.8. The number of rotatable bonds is 22. The van der Waals surface area contributed by atoms with Crippen LogP contribution in [0.25, 0.3) is 0 Å². The summed E-state index contributed by atoms with van der Waals surface area (Å²) in [5, 5.41) is 13.0. The van der Waals surface area contributed by atoms with Crippen molar-refractivity contribution in [3.05, 3.63) is 94.5 Å². The van der Waals surface area contributed by atoms with Gasteiger partial charge in [0.25, 0.3) is 0 Å². The monoisotopic (exact) mass is 810 g/mol. The molecule has 0 fully saturated rings. The minimum Gasteiger partial charge on any atom is -0.744 e. The summed E-state index contributed by atoms with van der Waals surface area (Å²) in [6.07, 6.45) is 2.94. The Morgan fingerprint density at radius 3 is 1.96 bits per heavy atom. The number of aryl methyl sites for hydroxylation is 3. The third-order valence-electron chi connectivity index (χ3n) is 9.57. The maximum absolute atomic E-state index is 13.9. The van der Waals surface area contributed by atoms with Gasteiger partial charge >= 0.3 is 5.96 Å². The first kappa shape index (κ1) is 48.0. The van der Waals surface area contributed by atoms with Crippen molar-refractivity contribution >= 4 is 39.5 Å². The van der Waals surface area contributed by atoms with Gasteiger partial charge in [0.15, 0.2) is 5.78 Å². The van der Waals surface area contributed by atoms with Crippen molar-refractivity contribution in [1.82, 2.24) is 5.32 Å². The Bertz CT molecular complexity index is 1900. The predicted molar refractivity (Wildman–Crippen MR) is 216 cm³/mol. The summed E-state index contributed by atoms with van der Waals surface area (Å²) in [5.41, 5.74) is 30.8.